The van der Waals surface area contributed by atoms with E-state index in [2.05, 4.69) is 23.8 Å². The van der Waals surface area contributed by atoms with Crippen molar-refractivity contribution >= 4 is 106 Å². The van der Waals surface area contributed by atoms with Gasteiger partial charge in [-0.3, -0.25) is 0 Å². The van der Waals surface area contributed by atoms with E-state index >= 15 is 0 Å². The van der Waals surface area contributed by atoms with E-state index < -0.39 is 0 Å². The van der Waals surface area contributed by atoms with Crippen molar-refractivity contribution < 1.29 is 0 Å². The summed E-state index contributed by atoms with van der Waals surface area (Å²) in [6.07, 6.45) is 1.91. The predicted molar refractivity (Wildman–Crippen MR) is 118 cm³/mol. The van der Waals surface area contributed by atoms with Gasteiger partial charge in [-0.15, -0.1) is 45.3 Å². The smallest absolute Gasteiger partial charge is 0.138 e. The average Bonchev–Trinajstić information content (AvgIpc) is 3.35. The van der Waals surface area contributed by atoms with Crippen LogP contribution in [0.3, 0.4) is 0 Å². The Morgan fingerprint density at radius 3 is 1.35 bits per heavy atom. The van der Waals surface area contributed by atoms with Crippen LogP contribution in [0.4, 0.5) is 0 Å². The second-order valence-corrected chi connectivity index (χ2v) is 12.5. The fourth-order valence-corrected chi connectivity index (χ4v) is 10.1. The highest BCUT2D eigenvalue weighted by atomic mass is 32.1. The zero-order valence-electron chi connectivity index (χ0n) is 13.7. The first-order valence-corrected chi connectivity index (χ1v) is 12.8. The molecule has 0 saturated carbocycles. The summed E-state index contributed by atoms with van der Waals surface area (Å²) < 4.78 is 5.24. The minimum absolute atomic E-state index is 0.955. The van der Waals surface area contributed by atoms with Gasteiger partial charge in [0.25, 0.3) is 0 Å². The van der Waals surface area contributed by atoms with Crippen LogP contribution in [0.1, 0.15) is 20.0 Å². The number of aromatic nitrogens is 4. The van der Waals surface area contributed by atoms with Gasteiger partial charge >= 0.3 is 0 Å². The SMILES string of the molecule is Cc1nc2sc3nc(CCc4nc5sc6nc(C)sc6c5s4)sc3c2s1. The number of rotatable bonds is 3. The summed E-state index contributed by atoms with van der Waals surface area (Å²) in [6.45, 7) is 4.14. The fraction of sp³-hybridized carbons (Fsp3) is 0.250. The Morgan fingerprint density at radius 2 is 0.885 bits per heavy atom. The lowest BCUT2D eigenvalue weighted by Gasteiger charge is -1.92. The van der Waals surface area contributed by atoms with Crippen LogP contribution in [-0.2, 0) is 12.8 Å². The van der Waals surface area contributed by atoms with E-state index in [-0.39, 0.29) is 0 Å². The third kappa shape index (κ3) is 2.40. The molecular formula is C16H10N4S6. The Balaban J connectivity index is 1.30. The van der Waals surface area contributed by atoms with Crippen molar-refractivity contribution in [1.29, 1.82) is 0 Å². The van der Waals surface area contributed by atoms with E-state index in [1.54, 1.807) is 45.3 Å². The molecule has 0 aliphatic heterocycles. The van der Waals surface area contributed by atoms with Gasteiger partial charge in [0, 0.05) is 12.8 Å². The van der Waals surface area contributed by atoms with Gasteiger partial charge in [0.2, 0.25) is 0 Å². The molecule has 0 unspecified atom stereocenters. The molecule has 10 heteroatoms. The molecule has 0 radical (unpaired) electrons. The maximum atomic E-state index is 4.84. The maximum absolute atomic E-state index is 4.84. The van der Waals surface area contributed by atoms with Crippen molar-refractivity contribution in [2.45, 2.75) is 26.7 Å². The molecule has 6 aromatic rings. The van der Waals surface area contributed by atoms with Crippen molar-refractivity contribution in [3.05, 3.63) is 20.0 Å². The highest BCUT2D eigenvalue weighted by molar-refractivity contribution is 7.38. The van der Waals surface area contributed by atoms with Crippen molar-refractivity contribution in [1.82, 2.24) is 19.9 Å². The summed E-state index contributed by atoms with van der Waals surface area (Å²) >= 11 is 10.6. The Morgan fingerprint density at radius 1 is 0.500 bits per heavy atom. The van der Waals surface area contributed by atoms with Crippen LogP contribution >= 0.6 is 68.0 Å². The molecule has 6 rings (SSSR count). The van der Waals surface area contributed by atoms with Crippen LogP contribution < -0.4 is 0 Å². The summed E-state index contributed by atoms with van der Waals surface area (Å²) in [6, 6.07) is 0. The number of thiazole rings is 4. The first-order valence-electron chi connectivity index (χ1n) is 7.95. The van der Waals surface area contributed by atoms with Crippen LogP contribution in [0, 0.1) is 13.8 Å². The number of hydrogen-bond acceptors (Lipinski definition) is 10. The molecule has 4 nitrogen and oxygen atoms in total. The molecule has 0 aliphatic rings. The summed E-state index contributed by atoms with van der Waals surface area (Å²) in [5.41, 5.74) is 0. The van der Waals surface area contributed by atoms with E-state index in [4.69, 9.17) is 9.97 Å². The largest absolute Gasteiger partial charge is 0.230 e. The lowest BCUT2D eigenvalue weighted by atomic mass is 10.3. The van der Waals surface area contributed by atoms with E-state index in [9.17, 15) is 0 Å². The molecule has 0 aromatic carbocycles. The first-order chi connectivity index (χ1) is 12.6. The van der Waals surface area contributed by atoms with Crippen LogP contribution in [0.15, 0.2) is 0 Å². The number of thiophene rings is 2. The second-order valence-electron chi connectivity index (χ2n) is 5.92. The molecule has 6 aromatic heterocycles. The summed E-state index contributed by atoms with van der Waals surface area (Å²) in [5.74, 6) is 0. The van der Waals surface area contributed by atoms with Gasteiger partial charge < -0.3 is 0 Å². The standard InChI is InChI=1S/C16H10N4S6/c1-5-17-13-9(21-5)11-15(25-13)19-7(23-11)3-4-8-20-16-12(24-8)10-14(26-16)18-6(2)22-10/h3-4H2,1-2H3. The van der Waals surface area contributed by atoms with Crippen LogP contribution in [-0.4, -0.2) is 19.9 Å². The Labute approximate surface area is 171 Å². The maximum Gasteiger partial charge on any atom is 0.138 e. The third-order valence-electron chi connectivity index (χ3n) is 4.04. The monoisotopic (exact) mass is 450 g/mol. The van der Waals surface area contributed by atoms with Gasteiger partial charge in [-0.2, -0.15) is 0 Å². The Hall–Kier alpha value is -1.04. The molecule has 0 fully saturated rings. The minimum atomic E-state index is 0.955. The normalized spacial score (nSPS) is 12.5. The molecule has 0 atom stereocenters. The number of hydrogen-bond donors (Lipinski definition) is 0. The molecule has 0 bridgehead atoms. The number of nitrogens with zero attached hydrogens (tertiary/aromatic N) is 4. The van der Waals surface area contributed by atoms with E-state index in [1.165, 1.54) is 28.8 Å². The van der Waals surface area contributed by atoms with Crippen molar-refractivity contribution in [2.24, 2.45) is 0 Å². The second kappa shape index (κ2) is 5.73. The number of aryl methyl sites for hydroxylation is 4. The van der Waals surface area contributed by atoms with Crippen molar-refractivity contribution in [2.75, 3.05) is 0 Å². The van der Waals surface area contributed by atoms with Gasteiger partial charge in [-0.1, -0.05) is 22.7 Å². The fourth-order valence-electron chi connectivity index (χ4n) is 2.97. The molecule has 0 saturated heterocycles. The molecule has 6 heterocycles. The Kier molecular flexibility index (Phi) is 3.52. The molecule has 0 N–H and O–H groups in total. The van der Waals surface area contributed by atoms with Crippen LogP contribution in [0.5, 0.6) is 0 Å². The molecule has 130 valence electrons. The molecule has 0 aliphatic carbocycles. The molecule has 0 amide bonds. The third-order valence-corrected chi connectivity index (χ3v) is 11.0. The van der Waals surface area contributed by atoms with Crippen molar-refractivity contribution in [3.63, 3.8) is 0 Å². The van der Waals surface area contributed by atoms with Crippen LogP contribution in [0.25, 0.3) is 38.1 Å². The first kappa shape index (κ1) is 16.0. The molecule has 26 heavy (non-hydrogen) atoms. The van der Waals surface area contributed by atoms with E-state index in [0.29, 0.717) is 0 Å². The van der Waals surface area contributed by atoms with E-state index in [0.717, 1.165) is 42.2 Å². The van der Waals surface area contributed by atoms with Gasteiger partial charge in [-0.05, 0) is 13.8 Å². The predicted octanol–water partition coefficient (Wildman–Crippen LogP) is 6.65. The van der Waals surface area contributed by atoms with Gasteiger partial charge in [0.15, 0.2) is 0 Å². The highest BCUT2D eigenvalue weighted by Crippen LogP contribution is 2.42. The quantitative estimate of drug-likeness (QED) is 0.303. The van der Waals surface area contributed by atoms with E-state index in [1.807, 2.05) is 22.7 Å². The van der Waals surface area contributed by atoms with Crippen LogP contribution in [0.2, 0.25) is 0 Å². The lowest BCUT2D eigenvalue weighted by molar-refractivity contribution is 0.940. The highest BCUT2D eigenvalue weighted by Gasteiger charge is 2.17. The summed E-state index contributed by atoms with van der Waals surface area (Å²) in [4.78, 5) is 23.4. The zero-order valence-corrected chi connectivity index (χ0v) is 18.6. The summed E-state index contributed by atoms with van der Waals surface area (Å²) in [7, 11) is 0. The topological polar surface area (TPSA) is 51.6 Å². The van der Waals surface area contributed by atoms with Gasteiger partial charge in [0.1, 0.15) is 19.3 Å². The average molecular weight is 451 g/mol. The zero-order chi connectivity index (χ0) is 17.4. The minimum Gasteiger partial charge on any atom is -0.230 e. The molecular weight excluding hydrogens is 441 g/mol. The van der Waals surface area contributed by atoms with Crippen molar-refractivity contribution in [3.8, 4) is 0 Å². The van der Waals surface area contributed by atoms with Gasteiger partial charge in [-0.25, -0.2) is 19.9 Å². The Bertz CT molecular complexity index is 1310. The molecule has 0 spiro atoms. The van der Waals surface area contributed by atoms with Gasteiger partial charge in [0.05, 0.1) is 38.8 Å². The summed E-state index contributed by atoms with van der Waals surface area (Å²) in [5, 5.41) is 4.68. The number of fused-ring (bicyclic) bond motifs is 6. The lowest BCUT2D eigenvalue weighted by Crippen LogP contribution is -1.88.